The van der Waals surface area contributed by atoms with Gasteiger partial charge in [0.25, 0.3) is 0 Å². The molecule has 0 spiro atoms. The number of aryl methyl sites for hydroxylation is 1. The molecule has 6 nitrogen and oxygen atoms in total. The Morgan fingerprint density at radius 1 is 1.07 bits per heavy atom. The second-order valence-corrected chi connectivity index (χ2v) is 6.80. The summed E-state index contributed by atoms with van der Waals surface area (Å²) in [4.78, 5) is 31.9. The number of aromatic nitrogens is 2. The van der Waals surface area contributed by atoms with Crippen LogP contribution in [0.15, 0.2) is 48.5 Å². The largest absolute Gasteiger partial charge is 0.349 e. The van der Waals surface area contributed by atoms with Crippen LogP contribution in [0.5, 0.6) is 0 Å². The average molecular weight is 364 g/mol. The number of hydrogen-bond acceptors (Lipinski definition) is 3. The van der Waals surface area contributed by atoms with Gasteiger partial charge >= 0.3 is 0 Å². The van der Waals surface area contributed by atoms with E-state index in [0.717, 1.165) is 22.2 Å². The molecule has 0 unspecified atom stereocenters. The fourth-order valence-electron chi connectivity index (χ4n) is 3.03. The highest BCUT2D eigenvalue weighted by molar-refractivity contribution is 5.80. The molecule has 0 fully saturated rings. The monoisotopic (exact) mass is 364 g/mol. The molecule has 0 aliphatic carbocycles. The number of para-hydroxylation sites is 2. The van der Waals surface area contributed by atoms with Crippen molar-refractivity contribution in [1.29, 1.82) is 0 Å². The summed E-state index contributed by atoms with van der Waals surface area (Å²) in [5, 5.41) is 5.82. The fourth-order valence-corrected chi connectivity index (χ4v) is 3.03. The van der Waals surface area contributed by atoms with Crippen LogP contribution >= 0.6 is 0 Å². The van der Waals surface area contributed by atoms with E-state index in [9.17, 15) is 9.59 Å². The second kappa shape index (κ2) is 8.03. The summed E-state index contributed by atoms with van der Waals surface area (Å²) >= 11 is 0. The lowest BCUT2D eigenvalue weighted by molar-refractivity contribution is -0.123. The Labute approximate surface area is 158 Å². The molecular formula is C21H24N4O2. The molecule has 0 saturated carbocycles. The molecule has 0 aliphatic heterocycles. The first-order valence-electron chi connectivity index (χ1n) is 9.00. The molecule has 1 heterocycles. The summed E-state index contributed by atoms with van der Waals surface area (Å²) in [6.45, 7) is 5.34. The number of amides is 2. The van der Waals surface area contributed by atoms with Crippen molar-refractivity contribution in [3.8, 4) is 0 Å². The zero-order valence-electron chi connectivity index (χ0n) is 15.7. The summed E-state index contributed by atoms with van der Waals surface area (Å²) in [5.74, 6) is 0.386. The topological polar surface area (TPSA) is 86.9 Å². The van der Waals surface area contributed by atoms with Crippen molar-refractivity contribution >= 4 is 22.8 Å². The van der Waals surface area contributed by atoms with Crippen molar-refractivity contribution < 1.29 is 9.59 Å². The Kier molecular flexibility index (Phi) is 5.54. The standard InChI is InChI=1S/C21H24N4O2/c1-13-8-10-16(11-9-13)19(23-15(3)26)12-20(27)22-14(2)21-24-17-6-4-5-7-18(17)25-21/h4-11,14,19H,12H2,1-3H3,(H,22,27)(H,23,26)(H,24,25)/t14-,19+/m1/s1. The van der Waals surface area contributed by atoms with Gasteiger partial charge in [-0.1, -0.05) is 42.0 Å². The van der Waals surface area contributed by atoms with E-state index in [1.165, 1.54) is 6.92 Å². The third-order valence-corrected chi connectivity index (χ3v) is 4.44. The van der Waals surface area contributed by atoms with Gasteiger partial charge in [0.15, 0.2) is 0 Å². The minimum absolute atomic E-state index is 0.151. The van der Waals surface area contributed by atoms with Crippen LogP contribution in [0.2, 0.25) is 0 Å². The minimum atomic E-state index is -0.369. The lowest BCUT2D eigenvalue weighted by Crippen LogP contribution is -2.34. The molecule has 0 radical (unpaired) electrons. The molecule has 0 saturated heterocycles. The number of carbonyl (C=O) groups excluding carboxylic acids is 2. The molecule has 3 N–H and O–H groups in total. The van der Waals surface area contributed by atoms with Crippen molar-refractivity contribution in [2.75, 3.05) is 0 Å². The van der Waals surface area contributed by atoms with Crippen LogP contribution < -0.4 is 10.6 Å². The van der Waals surface area contributed by atoms with Crippen LogP contribution in [-0.2, 0) is 9.59 Å². The van der Waals surface area contributed by atoms with Crippen LogP contribution in [0.3, 0.4) is 0 Å². The third kappa shape index (κ3) is 4.73. The van der Waals surface area contributed by atoms with E-state index in [1.54, 1.807) is 0 Å². The molecule has 0 bridgehead atoms. The lowest BCUT2D eigenvalue weighted by Gasteiger charge is -2.19. The zero-order chi connectivity index (χ0) is 19.4. The minimum Gasteiger partial charge on any atom is -0.349 e. The van der Waals surface area contributed by atoms with Gasteiger partial charge in [-0.15, -0.1) is 0 Å². The maximum Gasteiger partial charge on any atom is 0.222 e. The molecule has 2 atom stereocenters. The van der Waals surface area contributed by atoms with E-state index in [-0.39, 0.29) is 30.3 Å². The molecule has 3 rings (SSSR count). The van der Waals surface area contributed by atoms with Crippen LogP contribution in [0.1, 0.15) is 49.3 Å². The number of nitrogens with one attached hydrogen (secondary N) is 3. The molecule has 2 amide bonds. The zero-order valence-corrected chi connectivity index (χ0v) is 15.7. The van der Waals surface area contributed by atoms with Gasteiger partial charge in [0, 0.05) is 6.92 Å². The van der Waals surface area contributed by atoms with Crippen molar-refractivity contribution in [1.82, 2.24) is 20.6 Å². The summed E-state index contributed by atoms with van der Waals surface area (Å²) in [7, 11) is 0. The highest BCUT2D eigenvalue weighted by Gasteiger charge is 2.20. The number of aromatic amines is 1. The van der Waals surface area contributed by atoms with Crippen molar-refractivity contribution in [2.45, 2.75) is 39.3 Å². The summed E-state index contributed by atoms with van der Waals surface area (Å²) in [5.41, 5.74) is 3.83. The summed E-state index contributed by atoms with van der Waals surface area (Å²) in [6, 6.07) is 14.9. The molecule has 6 heteroatoms. The SMILES string of the molecule is CC(=O)N[C@@H](CC(=O)N[C@H](C)c1nc2ccccc2[nH]1)c1ccc(C)cc1. The third-order valence-electron chi connectivity index (χ3n) is 4.44. The van der Waals surface area contributed by atoms with Crippen molar-refractivity contribution in [2.24, 2.45) is 0 Å². The van der Waals surface area contributed by atoms with Crippen molar-refractivity contribution in [3.63, 3.8) is 0 Å². The van der Waals surface area contributed by atoms with E-state index >= 15 is 0 Å². The highest BCUT2D eigenvalue weighted by Crippen LogP contribution is 2.19. The normalized spacial score (nSPS) is 13.1. The number of imidazole rings is 1. The highest BCUT2D eigenvalue weighted by atomic mass is 16.2. The van der Waals surface area contributed by atoms with Crippen molar-refractivity contribution in [3.05, 3.63) is 65.5 Å². The first-order valence-corrected chi connectivity index (χ1v) is 9.00. The van der Waals surface area contributed by atoms with Crippen LogP contribution in [0.25, 0.3) is 11.0 Å². The molecule has 0 aliphatic rings. The molecule has 140 valence electrons. The van der Waals surface area contributed by atoms with E-state index in [4.69, 9.17) is 0 Å². The Hall–Kier alpha value is -3.15. The number of nitrogens with zero attached hydrogens (tertiary/aromatic N) is 1. The van der Waals surface area contributed by atoms with E-state index in [0.29, 0.717) is 5.82 Å². The maximum atomic E-state index is 12.6. The van der Waals surface area contributed by atoms with E-state index < -0.39 is 0 Å². The van der Waals surface area contributed by atoms with E-state index in [1.807, 2.05) is 62.4 Å². The van der Waals surface area contributed by atoms with Gasteiger partial charge in [-0.05, 0) is 31.5 Å². The number of carbonyl (C=O) groups is 2. The Morgan fingerprint density at radius 3 is 2.44 bits per heavy atom. The number of benzene rings is 2. The van der Waals surface area contributed by atoms with Gasteiger partial charge in [0.2, 0.25) is 11.8 Å². The number of fused-ring (bicyclic) bond motifs is 1. The van der Waals surface area contributed by atoms with Crippen LogP contribution in [-0.4, -0.2) is 21.8 Å². The molecule has 3 aromatic rings. The maximum absolute atomic E-state index is 12.6. The summed E-state index contributed by atoms with van der Waals surface area (Å²) in [6.07, 6.45) is 0.160. The lowest BCUT2D eigenvalue weighted by atomic mass is 10.0. The average Bonchev–Trinajstić information content (AvgIpc) is 3.05. The molecule has 2 aromatic carbocycles. The summed E-state index contributed by atoms with van der Waals surface area (Å²) < 4.78 is 0. The van der Waals surface area contributed by atoms with Crippen LogP contribution in [0, 0.1) is 6.92 Å². The van der Waals surface area contributed by atoms with Gasteiger partial charge in [-0.3, -0.25) is 9.59 Å². The van der Waals surface area contributed by atoms with Crippen LogP contribution in [0.4, 0.5) is 0 Å². The first-order chi connectivity index (χ1) is 12.9. The molecule has 27 heavy (non-hydrogen) atoms. The Bertz CT molecular complexity index is 913. The predicted molar refractivity (Wildman–Crippen MR) is 105 cm³/mol. The van der Waals surface area contributed by atoms with Gasteiger partial charge in [0.1, 0.15) is 5.82 Å². The van der Waals surface area contributed by atoms with Gasteiger partial charge in [-0.2, -0.15) is 0 Å². The quantitative estimate of drug-likeness (QED) is 0.627. The Balaban J connectivity index is 1.69. The Morgan fingerprint density at radius 2 is 1.78 bits per heavy atom. The van der Waals surface area contributed by atoms with Gasteiger partial charge in [0.05, 0.1) is 29.5 Å². The fraction of sp³-hybridized carbons (Fsp3) is 0.286. The first kappa shape index (κ1) is 18.6. The number of rotatable bonds is 6. The van der Waals surface area contributed by atoms with Gasteiger partial charge < -0.3 is 15.6 Å². The van der Waals surface area contributed by atoms with Gasteiger partial charge in [-0.25, -0.2) is 4.98 Å². The predicted octanol–water partition coefficient (Wildman–Crippen LogP) is 3.32. The smallest absolute Gasteiger partial charge is 0.222 e. The second-order valence-electron chi connectivity index (χ2n) is 6.80. The molecule has 1 aromatic heterocycles. The van der Waals surface area contributed by atoms with E-state index in [2.05, 4.69) is 20.6 Å². The number of H-pyrrole nitrogens is 1. The number of hydrogen-bond donors (Lipinski definition) is 3. The molecular weight excluding hydrogens is 340 g/mol.